The maximum atomic E-state index is 12.4. The highest BCUT2D eigenvalue weighted by molar-refractivity contribution is 5.77. The number of likely N-dealkylation sites (N-methyl/N-ethyl adjacent to an activating group) is 1. The summed E-state index contributed by atoms with van der Waals surface area (Å²) in [6, 6.07) is 5.78. The first-order valence-electron chi connectivity index (χ1n) is 7.99. The predicted octanol–water partition coefficient (Wildman–Crippen LogP) is 0.873. The first-order chi connectivity index (χ1) is 11.0. The number of benzene rings is 1. The molecule has 0 aliphatic carbocycles. The number of hydrogen-bond donors (Lipinski definition) is 1. The van der Waals surface area contributed by atoms with Gasteiger partial charge >= 0.3 is 0 Å². The van der Waals surface area contributed by atoms with E-state index in [-0.39, 0.29) is 12.7 Å². The first kappa shape index (κ1) is 16.1. The highest BCUT2D eigenvalue weighted by Gasteiger charge is 2.38. The van der Waals surface area contributed by atoms with Gasteiger partial charge in [0.25, 0.3) is 0 Å². The lowest BCUT2D eigenvalue weighted by Gasteiger charge is -2.26. The summed E-state index contributed by atoms with van der Waals surface area (Å²) in [5.74, 6) is 1.60. The number of hydrogen-bond acceptors (Lipinski definition) is 5. The molecule has 2 heterocycles. The molecule has 1 fully saturated rings. The fraction of sp³-hybridized carbons (Fsp3) is 0.588. The van der Waals surface area contributed by atoms with Crippen LogP contribution < -0.4 is 9.47 Å². The number of aliphatic hydroxyl groups is 1. The molecule has 0 bridgehead atoms. The van der Waals surface area contributed by atoms with Gasteiger partial charge in [0, 0.05) is 19.5 Å². The number of β-amino-alcohol motifs (C(OH)–C–C–N with tert-alkyl or cyclic N) is 1. The molecule has 6 nitrogen and oxygen atoms in total. The summed E-state index contributed by atoms with van der Waals surface area (Å²) in [6.07, 6.45) is 1.75. The summed E-state index contributed by atoms with van der Waals surface area (Å²) in [5.41, 5.74) is 0.281. The summed E-state index contributed by atoms with van der Waals surface area (Å²) >= 11 is 0. The average molecular weight is 320 g/mol. The molecule has 2 aliphatic heterocycles. The van der Waals surface area contributed by atoms with Crippen molar-refractivity contribution in [3.05, 3.63) is 23.8 Å². The second-order valence-corrected chi connectivity index (χ2v) is 6.72. The number of amides is 1. The lowest BCUT2D eigenvalue weighted by molar-refractivity contribution is -0.131. The number of likely N-dealkylation sites (tertiary alicyclic amines) is 1. The van der Waals surface area contributed by atoms with E-state index in [1.165, 1.54) is 0 Å². The molecule has 1 aromatic rings. The van der Waals surface area contributed by atoms with Crippen LogP contribution in [0.1, 0.15) is 18.4 Å². The Morgan fingerprint density at radius 3 is 2.91 bits per heavy atom. The van der Waals surface area contributed by atoms with Crippen molar-refractivity contribution >= 4 is 5.91 Å². The summed E-state index contributed by atoms with van der Waals surface area (Å²) in [5, 5.41) is 10.5. The maximum absolute atomic E-state index is 12.4. The van der Waals surface area contributed by atoms with E-state index < -0.39 is 5.60 Å². The molecule has 2 aliphatic rings. The van der Waals surface area contributed by atoms with Crippen LogP contribution in [0.5, 0.6) is 11.5 Å². The second kappa shape index (κ2) is 6.37. The molecule has 0 aromatic heterocycles. The molecule has 0 radical (unpaired) electrons. The molecule has 1 aromatic carbocycles. The third-order valence-electron chi connectivity index (χ3n) is 4.36. The van der Waals surface area contributed by atoms with Crippen LogP contribution in [0.15, 0.2) is 18.2 Å². The molecule has 0 unspecified atom stereocenters. The fourth-order valence-corrected chi connectivity index (χ4v) is 3.29. The smallest absolute Gasteiger partial charge is 0.231 e. The average Bonchev–Trinajstić information content (AvgIpc) is 3.10. The van der Waals surface area contributed by atoms with E-state index >= 15 is 0 Å². The van der Waals surface area contributed by atoms with Gasteiger partial charge in [-0.25, -0.2) is 0 Å². The topological polar surface area (TPSA) is 62.2 Å². The molecule has 1 N–H and O–H groups in total. The Labute approximate surface area is 136 Å². The number of carbonyl (C=O) groups is 1. The Kier molecular flexibility index (Phi) is 4.46. The van der Waals surface area contributed by atoms with Crippen molar-refractivity contribution in [2.45, 2.75) is 24.9 Å². The zero-order chi connectivity index (χ0) is 16.4. The van der Waals surface area contributed by atoms with Crippen molar-refractivity contribution in [1.29, 1.82) is 0 Å². The maximum Gasteiger partial charge on any atom is 0.231 e. The van der Waals surface area contributed by atoms with Crippen LogP contribution in [-0.2, 0) is 11.2 Å². The molecule has 0 spiro atoms. The van der Waals surface area contributed by atoms with E-state index in [0.717, 1.165) is 17.1 Å². The minimum absolute atomic E-state index is 0.0948. The van der Waals surface area contributed by atoms with Gasteiger partial charge < -0.3 is 24.4 Å². The van der Waals surface area contributed by atoms with Crippen LogP contribution in [0.2, 0.25) is 0 Å². The van der Waals surface area contributed by atoms with Gasteiger partial charge in [-0.3, -0.25) is 4.79 Å². The molecule has 6 heteroatoms. The van der Waals surface area contributed by atoms with Crippen molar-refractivity contribution in [2.24, 2.45) is 0 Å². The van der Waals surface area contributed by atoms with E-state index in [4.69, 9.17) is 9.47 Å². The number of fused-ring (bicyclic) bond motifs is 1. The summed E-state index contributed by atoms with van der Waals surface area (Å²) < 4.78 is 10.6. The lowest BCUT2D eigenvalue weighted by Crippen LogP contribution is -2.43. The van der Waals surface area contributed by atoms with Gasteiger partial charge in [-0.2, -0.15) is 0 Å². The first-order valence-corrected chi connectivity index (χ1v) is 7.99. The van der Waals surface area contributed by atoms with Gasteiger partial charge in [-0.15, -0.1) is 0 Å². The summed E-state index contributed by atoms with van der Waals surface area (Å²) in [7, 11) is 3.87. The van der Waals surface area contributed by atoms with Crippen LogP contribution in [0.4, 0.5) is 0 Å². The Morgan fingerprint density at radius 1 is 1.35 bits per heavy atom. The quantitative estimate of drug-likeness (QED) is 0.872. The molecule has 1 saturated heterocycles. The van der Waals surface area contributed by atoms with Crippen LogP contribution in [0, 0.1) is 0 Å². The van der Waals surface area contributed by atoms with Gasteiger partial charge in [-0.1, -0.05) is 6.07 Å². The highest BCUT2D eigenvalue weighted by atomic mass is 16.7. The molecule has 1 atom stereocenters. The van der Waals surface area contributed by atoms with Gasteiger partial charge in [0.2, 0.25) is 12.7 Å². The minimum atomic E-state index is -0.780. The van der Waals surface area contributed by atoms with Gasteiger partial charge in [0.1, 0.15) is 0 Å². The van der Waals surface area contributed by atoms with Crippen LogP contribution >= 0.6 is 0 Å². The standard InChI is InChI=1S/C17H24N2O4/c1-18(2)10-17(21)7-8-19(11-17)16(20)6-4-13-3-5-14-15(9-13)23-12-22-14/h3,5,9,21H,4,6-8,10-12H2,1-2H3/t17-/m0/s1. The summed E-state index contributed by atoms with van der Waals surface area (Å²) in [6.45, 7) is 1.89. The Balaban J connectivity index is 1.52. The van der Waals surface area contributed by atoms with E-state index in [9.17, 15) is 9.90 Å². The molecule has 23 heavy (non-hydrogen) atoms. The Bertz CT molecular complexity index is 590. The fourth-order valence-electron chi connectivity index (χ4n) is 3.29. The third kappa shape index (κ3) is 3.76. The van der Waals surface area contributed by atoms with Crippen molar-refractivity contribution in [1.82, 2.24) is 9.80 Å². The van der Waals surface area contributed by atoms with E-state index in [1.54, 1.807) is 4.90 Å². The lowest BCUT2D eigenvalue weighted by atomic mass is 10.0. The monoisotopic (exact) mass is 320 g/mol. The number of carbonyl (C=O) groups excluding carboxylic acids is 1. The van der Waals surface area contributed by atoms with E-state index in [2.05, 4.69) is 0 Å². The molecule has 0 saturated carbocycles. The molecule has 3 rings (SSSR count). The van der Waals surface area contributed by atoms with Crippen LogP contribution in [-0.4, -0.2) is 66.9 Å². The number of rotatable bonds is 5. The van der Waals surface area contributed by atoms with Crippen molar-refractivity contribution in [3.8, 4) is 11.5 Å². The van der Waals surface area contributed by atoms with Gasteiger partial charge in [0.05, 0.1) is 12.1 Å². The van der Waals surface area contributed by atoms with E-state index in [1.807, 2.05) is 37.2 Å². The number of nitrogens with zero attached hydrogens (tertiary/aromatic N) is 2. The van der Waals surface area contributed by atoms with Gasteiger partial charge in [0.15, 0.2) is 11.5 Å². The van der Waals surface area contributed by atoms with Crippen LogP contribution in [0.3, 0.4) is 0 Å². The SMILES string of the molecule is CN(C)C[C@@]1(O)CCN(C(=O)CCc2ccc3c(c2)OCO3)C1. The predicted molar refractivity (Wildman–Crippen MR) is 85.6 cm³/mol. The van der Waals surface area contributed by atoms with Crippen molar-refractivity contribution in [3.63, 3.8) is 0 Å². The Hall–Kier alpha value is -1.79. The minimum Gasteiger partial charge on any atom is -0.454 e. The van der Waals surface area contributed by atoms with Gasteiger partial charge in [-0.05, 0) is 44.6 Å². The third-order valence-corrected chi connectivity index (χ3v) is 4.36. The molecule has 126 valence electrons. The summed E-state index contributed by atoms with van der Waals surface area (Å²) in [4.78, 5) is 16.1. The molecule has 1 amide bonds. The Morgan fingerprint density at radius 2 is 2.13 bits per heavy atom. The van der Waals surface area contributed by atoms with E-state index in [0.29, 0.717) is 38.9 Å². The number of aryl methyl sites for hydroxylation is 1. The highest BCUT2D eigenvalue weighted by Crippen LogP contribution is 2.33. The number of ether oxygens (including phenoxy) is 2. The van der Waals surface area contributed by atoms with Crippen molar-refractivity contribution in [2.75, 3.05) is 40.5 Å². The zero-order valence-corrected chi connectivity index (χ0v) is 13.7. The normalized spacial score (nSPS) is 22.9. The zero-order valence-electron chi connectivity index (χ0n) is 13.7. The van der Waals surface area contributed by atoms with Crippen molar-refractivity contribution < 1.29 is 19.4 Å². The second-order valence-electron chi connectivity index (χ2n) is 6.72. The molecular formula is C17H24N2O4. The molecular weight excluding hydrogens is 296 g/mol. The van der Waals surface area contributed by atoms with Crippen LogP contribution in [0.25, 0.3) is 0 Å². The largest absolute Gasteiger partial charge is 0.454 e.